The topological polar surface area (TPSA) is 99.1 Å². The molecule has 1 saturated heterocycles. The summed E-state index contributed by atoms with van der Waals surface area (Å²) < 4.78 is 26.6. The molecule has 1 aliphatic heterocycles. The van der Waals surface area contributed by atoms with E-state index in [1.165, 1.54) is 0 Å². The molecule has 2 rings (SSSR count). The van der Waals surface area contributed by atoms with Gasteiger partial charge < -0.3 is 5.32 Å². The number of carbonyl (C=O) groups excluding carboxylic acids is 1. The summed E-state index contributed by atoms with van der Waals surface area (Å²) in [5.41, 5.74) is 1.12. The number of piperidine rings is 1. The summed E-state index contributed by atoms with van der Waals surface area (Å²) in [6.07, 6.45) is 0.850. The van der Waals surface area contributed by atoms with Gasteiger partial charge in [0, 0.05) is 19.0 Å². The van der Waals surface area contributed by atoms with Crippen LogP contribution in [0.3, 0.4) is 0 Å². The minimum Gasteiger partial charge on any atom is -0.355 e. The van der Waals surface area contributed by atoms with Crippen molar-refractivity contribution in [3.8, 4) is 6.07 Å². The van der Waals surface area contributed by atoms with Gasteiger partial charge in [0.1, 0.15) is 0 Å². The maximum atomic E-state index is 12.0. The summed E-state index contributed by atoms with van der Waals surface area (Å²) in [7, 11) is -3.46. The Balaban J connectivity index is 1.96. The summed E-state index contributed by atoms with van der Waals surface area (Å²) in [5, 5.41) is 11.3. The summed E-state index contributed by atoms with van der Waals surface area (Å²) in [6.45, 7) is 0.325. The number of amides is 1. The lowest BCUT2D eigenvalue weighted by atomic mass is 10.1. The van der Waals surface area contributed by atoms with Crippen LogP contribution in [0.4, 0.5) is 0 Å². The molecule has 0 saturated carbocycles. The standard InChI is InChI=1S/C13H15N3O3S/c14-7-10-1-3-11(4-2-10)9-20(18,19)16-12-5-6-13(17)15-8-12/h1-4,12,16H,5-6,8-9H2,(H,15,17). The maximum Gasteiger partial charge on any atom is 0.220 e. The molecule has 0 aromatic heterocycles. The predicted molar refractivity (Wildman–Crippen MR) is 72.9 cm³/mol. The van der Waals surface area contributed by atoms with Crippen molar-refractivity contribution in [1.29, 1.82) is 5.26 Å². The zero-order valence-electron chi connectivity index (χ0n) is 10.8. The van der Waals surface area contributed by atoms with Crippen molar-refractivity contribution in [2.45, 2.75) is 24.6 Å². The van der Waals surface area contributed by atoms with Gasteiger partial charge in [-0.3, -0.25) is 4.79 Å². The number of carbonyl (C=O) groups is 1. The molecule has 20 heavy (non-hydrogen) atoms. The van der Waals surface area contributed by atoms with E-state index in [9.17, 15) is 13.2 Å². The molecule has 7 heteroatoms. The molecule has 2 N–H and O–H groups in total. The lowest BCUT2D eigenvalue weighted by molar-refractivity contribution is -0.122. The average Bonchev–Trinajstić information content (AvgIpc) is 2.41. The van der Waals surface area contributed by atoms with Gasteiger partial charge in [0.2, 0.25) is 15.9 Å². The number of nitrogens with one attached hydrogen (secondary N) is 2. The first-order chi connectivity index (χ1) is 9.48. The lowest BCUT2D eigenvalue weighted by Gasteiger charge is -2.23. The van der Waals surface area contributed by atoms with Gasteiger partial charge in [-0.1, -0.05) is 12.1 Å². The van der Waals surface area contributed by atoms with Crippen molar-refractivity contribution >= 4 is 15.9 Å². The van der Waals surface area contributed by atoms with E-state index in [0.29, 0.717) is 30.5 Å². The highest BCUT2D eigenvalue weighted by Gasteiger charge is 2.23. The molecule has 0 spiro atoms. The van der Waals surface area contributed by atoms with Crippen molar-refractivity contribution < 1.29 is 13.2 Å². The average molecular weight is 293 g/mol. The molecule has 1 aromatic rings. The maximum absolute atomic E-state index is 12.0. The molecule has 1 amide bonds. The number of benzene rings is 1. The Morgan fingerprint density at radius 1 is 1.35 bits per heavy atom. The number of hydrogen-bond acceptors (Lipinski definition) is 4. The number of nitrogens with zero attached hydrogens (tertiary/aromatic N) is 1. The van der Waals surface area contributed by atoms with Crippen molar-refractivity contribution in [3.63, 3.8) is 0 Å². The van der Waals surface area contributed by atoms with E-state index < -0.39 is 10.0 Å². The number of rotatable bonds is 4. The van der Waals surface area contributed by atoms with Crippen LogP contribution >= 0.6 is 0 Å². The van der Waals surface area contributed by atoms with Crippen LogP contribution in [0.1, 0.15) is 24.0 Å². The molecule has 1 aromatic carbocycles. The first kappa shape index (κ1) is 14.5. The van der Waals surface area contributed by atoms with Gasteiger partial charge in [0.25, 0.3) is 0 Å². The Morgan fingerprint density at radius 3 is 2.60 bits per heavy atom. The van der Waals surface area contributed by atoms with Gasteiger partial charge in [-0.15, -0.1) is 0 Å². The highest BCUT2D eigenvalue weighted by molar-refractivity contribution is 7.88. The molecule has 1 atom stereocenters. The van der Waals surface area contributed by atoms with E-state index in [-0.39, 0.29) is 17.7 Å². The normalized spacial score (nSPS) is 19.1. The zero-order chi connectivity index (χ0) is 14.6. The van der Waals surface area contributed by atoms with E-state index in [1.54, 1.807) is 24.3 Å². The molecule has 0 bridgehead atoms. The summed E-state index contributed by atoms with van der Waals surface area (Å²) in [5.74, 6) is -0.184. The molecule has 0 radical (unpaired) electrons. The molecular formula is C13H15N3O3S. The second kappa shape index (κ2) is 6.03. The number of nitriles is 1. The number of hydrogen-bond donors (Lipinski definition) is 2. The SMILES string of the molecule is N#Cc1ccc(CS(=O)(=O)NC2CCC(=O)NC2)cc1. The highest BCUT2D eigenvalue weighted by atomic mass is 32.2. The molecule has 1 unspecified atom stereocenters. The minimum absolute atomic E-state index is 0.0486. The minimum atomic E-state index is -3.46. The predicted octanol–water partition coefficient (Wildman–Crippen LogP) is 0.256. The Kier molecular flexibility index (Phi) is 4.37. The van der Waals surface area contributed by atoms with Crippen LogP contribution in [0.5, 0.6) is 0 Å². The Bertz CT molecular complexity index is 622. The van der Waals surface area contributed by atoms with Crippen LogP contribution in [-0.2, 0) is 20.6 Å². The van der Waals surface area contributed by atoms with Crippen molar-refractivity contribution in [2.24, 2.45) is 0 Å². The van der Waals surface area contributed by atoms with Crippen LogP contribution in [-0.4, -0.2) is 26.9 Å². The summed E-state index contributed by atoms with van der Waals surface area (Å²) >= 11 is 0. The van der Waals surface area contributed by atoms with Crippen LogP contribution in [0.25, 0.3) is 0 Å². The molecule has 1 heterocycles. The van der Waals surface area contributed by atoms with Gasteiger partial charge in [-0.2, -0.15) is 5.26 Å². The van der Waals surface area contributed by atoms with Gasteiger partial charge in [-0.25, -0.2) is 13.1 Å². The van der Waals surface area contributed by atoms with Crippen molar-refractivity contribution in [1.82, 2.24) is 10.0 Å². The van der Waals surface area contributed by atoms with Crippen molar-refractivity contribution in [3.05, 3.63) is 35.4 Å². The van der Waals surface area contributed by atoms with E-state index >= 15 is 0 Å². The van der Waals surface area contributed by atoms with Crippen LogP contribution in [0.15, 0.2) is 24.3 Å². The molecule has 1 aliphatic rings. The van der Waals surface area contributed by atoms with Crippen LogP contribution in [0, 0.1) is 11.3 Å². The van der Waals surface area contributed by atoms with Crippen LogP contribution < -0.4 is 10.0 Å². The van der Waals surface area contributed by atoms with Gasteiger partial charge >= 0.3 is 0 Å². The molecule has 6 nitrogen and oxygen atoms in total. The Hall–Kier alpha value is -1.91. The van der Waals surface area contributed by atoms with Gasteiger partial charge in [0.05, 0.1) is 17.4 Å². The molecule has 0 aliphatic carbocycles. The van der Waals surface area contributed by atoms with Gasteiger partial charge in [0.15, 0.2) is 0 Å². The molecule has 106 valence electrons. The fourth-order valence-electron chi connectivity index (χ4n) is 2.02. The van der Waals surface area contributed by atoms with E-state index in [1.807, 2.05) is 6.07 Å². The Morgan fingerprint density at radius 2 is 2.05 bits per heavy atom. The summed E-state index contributed by atoms with van der Waals surface area (Å²) in [4.78, 5) is 11.0. The van der Waals surface area contributed by atoms with Crippen molar-refractivity contribution in [2.75, 3.05) is 6.54 Å². The third kappa shape index (κ3) is 4.05. The fraction of sp³-hybridized carbons (Fsp3) is 0.385. The second-order valence-electron chi connectivity index (χ2n) is 4.73. The smallest absolute Gasteiger partial charge is 0.220 e. The molecule has 1 fully saturated rings. The quantitative estimate of drug-likeness (QED) is 0.831. The Labute approximate surface area is 117 Å². The van der Waals surface area contributed by atoms with Gasteiger partial charge in [-0.05, 0) is 24.1 Å². The molecular weight excluding hydrogens is 278 g/mol. The van der Waals surface area contributed by atoms with E-state index in [2.05, 4.69) is 10.0 Å². The first-order valence-corrected chi connectivity index (χ1v) is 7.89. The monoisotopic (exact) mass is 293 g/mol. The largest absolute Gasteiger partial charge is 0.355 e. The first-order valence-electron chi connectivity index (χ1n) is 6.24. The second-order valence-corrected chi connectivity index (χ2v) is 6.48. The third-order valence-corrected chi connectivity index (χ3v) is 4.46. The third-order valence-electron chi connectivity index (χ3n) is 3.05. The van der Waals surface area contributed by atoms with E-state index in [0.717, 1.165) is 0 Å². The number of sulfonamides is 1. The zero-order valence-corrected chi connectivity index (χ0v) is 11.6. The fourth-order valence-corrected chi connectivity index (χ4v) is 3.45. The van der Waals surface area contributed by atoms with Crippen LogP contribution in [0.2, 0.25) is 0 Å². The lowest BCUT2D eigenvalue weighted by Crippen LogP contribution is -2.47. The summed E-state index contributed by atoms with van der Waals surface area (Å²) in [6, 6.07) is 8.16. The highest BCUT2D eigenvalue weighted by Crippen LogP contribution is 2.10. The van der Waals surface area contributed by atoms with E-state index in [4.69, 9.17) is 5.26 Å².